The number of carbonyl (C=O) groups excluding carboxylic acids is 1. The lowest BCUT2D eigenvalue weighted by Gasteiger charge is -2.37. The van der Waals surface area contributed by atoms with Crippen molar-refractivity contribution in [1.29, 1.82) is 0 Å². The van der Waals surface area contributed by atoms with E-state index in [0.29, 0.717) is 17.3 Å². The summed E-state index contributed by atoms with van der Waals surface area (Å²) in [7, 11) is 0. The number of piperidine rings is 1. The first kappa shape index (κ1) is 12.8. The number of likely N-dealkylation sites (tertiary alicyclic amines) is 1. The molecule has 1 aliphatic rings. The fraction of sp³-hybridized carbons (Fsp3) is 0.538. The van der Waals surface area contributed by atoms with Gasteiger partial charge in [-0.1, -0.05) is 6.92 Å². The maximum atomic E-state index is 12.4. The molecule has 0 bridgehead atoms. The number of pyridine rings is 1. The van der Waals surface area contributed by atoms with Crippen molar-refractivity contribution in [3.63, 3.8) is 0 Å². The second kappa shape index (κ2) is 5.35. The zero-order valence-corrected chi connectivity index (χ0v) is 10.9. The highest BCUT2D eigenvalue weighted by atomic mass is 16.2. The first-order valence-electron chi connectivity index (χ1n) is 6.37. The standard InChI is InChI=1S/C13H20N4O/c1-9-4-3-7-17(10(9)2)13(18)12-8-11(16-14)5-6-15-12/h5-6,8-10H,3-4,7,14H2,1-2H3,(H,15,16). The van der Waals surface area contributed by atoms with E-state index < -0.39 is 0 Å². The molecule has 0 radical (unpaired) electrons. The fourth-order valence-corrected chi connectivity index (χ4v) is 2.41. The summed E-state index contributed by atoms with van der Waals surface area (Å²) in [6.07, 6.45) is 3.84. The van der Waals surface area contributed by atoms with Crippen LogP contribution in [0.25, 0.3) is 0 Å². The van der Waals surface area contributed by atoms with E-state index >= 15 is 0 Å². The predicted molar refractivity (Wildman–Crippen MR) is 70.9 cm³/mol. The van der Waals surface area contributed by atoms with E-state index in [0.717, 1.165) is 13.0 Å². The quantitative estimate of drug-likeness (QED) is 0.616. The van der Waals surface area contributed by atoms with Gasteiger partial charge in [-0.3, -0.25) is 15.6 Å². The van der Waals surface area contributed by atoms with Crippen LogP contribution < -0.4 is 11.3 Å². The molecule has 1 saturated heterocycles. The summed E-state index contributed by atoms with van der Waals surface area (Å²) >= 11 is 0. The van der Waals surface area contributed by atoms with Crippen LogP contribution in [0.4, 0.5) is 5.69 Å². The van der Waals surface area contributed by atoms with Gasteiger partial charge >= 0.3 is 0 Å². The van der Waals surface area contributed by atoms with Gasteiger partial charge in [-0.2, -0.15) is 0 Å². The number of nitrogen functional groups attached to an aromatic ring is 1. The molecule has 3 N–H and O–H groups in total. The fourth-order valence-electron chi connectivity index (χ4n) is 2.41. The number of nitrogens with zero attached hydrogens (tertiary/aromatic N) is 2. The molecular formula is C13H20N4O. The second-order valence-electron chi connectivity index (χ2n) is 4.93. The van der Waals surface area contributed by atoms with Crippen LogP contribution in [0.15, 0.2) is 18.3 Å². The largest absolute Gasteiger partial charge is 0.334 e. The average molecular weight is 248 g/mol. The van der Waals surface area contributed by atoms with Crippen LogP contribution in [-0.2, 0) is 0 Å². The number of hydrazine groups is 1. The summed E-state index contributed by atoms with van der Waals surface area (Å²) in [5.74, 6) is 5.88. The smallest absolute Gasteiger partial charge is 0.272 e. The molecule has 2 rings (SSSR count). The van der Waals surface area contributed by atoms with Crippen molar-refractivity contribution in [2.75, 3.05) is 12.0 Å². The van der Waals surface area contributed by atoms with Crippen LogP contribution in [0, 0.1) is 5.92 Å². The number of hydrogen-bond acceptors (Lipinski definition) is 4. The van der Waals surface area contributed by atoms with Crippen LogP contribution in [-0.4, -0.2) is 28.4 Å². The van der Waals surface area contributed by atoms with Crippen molar-refractivity contribution >= 4 is 11.6 Å². The van der Waals surface area contributed by atoms with E-state index in [9.17, 15) is 4.79 Å². The van der Waals surface area contributed by atoms with E-state index in [-0.39, 0.29) is 11.9 Å². The zero-order valence-electron chi connectivity index (χ0n) is 10.9. The van der Waals surface area contributed by atoms with Crippen LogP contribution in [0.5, 0.6) is 0 Å². The highest BCUT2D eigenvalue weighted by Crippen LogP contribution is 2.24. The first-order valence-corrected chi connectivity index (χ1v) is 6.37. The van der Waals surface area contributed by atoms with Gasteiger partial charge in [-0.15, -0.1) is 0 Å². The van der Waals surface area contributed by atoms with Crippen molar-refractivity contribution in [3.8, 4) is 0 Å². The highest BCUT2D eigenvalue weighted by molar-refractivity contribution is 5.93. The summed E-state index contributed by atoms with van der Waals surface area (Å²) in [4.78, 5) is 18.5. The number of carbonyl (C=O) groups is 1. The molecule has 1 fully saturated rings. The minimum absolute atomic E-state index is 0.00819. The van der Waals surface area contributed by atoms with Gasteiger partial charge in [-0.05, 0) is 37.8 Å². The molecule has 0 saturated carbocycles. The minimum atomic E-state index is -0.00819. The number of aromatic nitrogens is 1. The summed E-state index contributed by atoms with van der Waals surface area (Å²) in [5.41, 5.74) is 3.68. The minimum Gasteiger partial charge on any atom is -0.334 e. The lowest BCUT2D eigenvalue weighted by molar-refractivity contribution is 0.0545. The van der Waals surface area contributed by atoms with E-state index in [1.54, 1.807) is 18.3 Å². The van der Waals surface area contributed by atoms with E-state index in [4.69, 9.17) is 5.84 Å². The molecule has 2 heterocycles. The van der Waals surface area contributed by atoms with Crippen molar-refractivity contribution in [3.05, 3.63) is 24.0 Å². The van der Waals surface area contributed by atoms with Crippen molar-refractivity contribution in [1.82, 2.24) is 9.88 Å². The van der Waals surface area contributed by atoms with Gasteiger partial charge in [0.05, 0.1) is 5.69 Å². The second-order valence-corrected chi connectivity index (χ2v) is 4.93. The van der Waals surface area contributed by atoms with Crippen LogP contribution in [0.2, 0.25) is 0 Å². The molecular weight excluding hydrogens is 228 g/mol. The molecule has 2 unspecified atom stereocenters. The Labute approximate surface area is 107 Å². The van der Waals surface area contributed by atoms with Gasteiger partial charge in [0, 0.05) is 18.8 Å². The molecule has 2 atom stereocenters. The Balaban J connectivity index is 2.19. The third-order valence-corrected chi connectivity index (χ3v) is 3.78. The molecule has 1 aromatic heterocycles. The average Bonchev–Trinajstić information content (AvgIpc) is 2.41. The molecule has 1 aromatic rings. The van der Waals surface area contributed by atoms with E-state index in [1.165, 1.54) is 6.42 Å². The predicted octanol–water partition coefficient (Wildman–Crippen LogP) is 1.63. The third-order valence-electron chi connectivity index (χ3n) is 3.78. The Morgan fingerprint density at radius 1 is 1.56 bits per heavy atom. The third kappa shape index (κ3) is 2.46. The van der Waals surface area contributed by atoms with Crippen LogP contribution in [0.3, 0.4) is 0 Å². The number of hydrogen-bond donors (Lipinski definition) is 2. The number of nitrogens with one attached hydrogen (secondary N) is 1. The Morgan fingerprint density at radius 2 is 2.33 bits per heavy atom. The maximum Gasteiger partial charge on any atom is 0.272 e. The summed E-state index contributed by atoms with van der Waals surface area (Å²) in [6, 6.07) is 3.69. The first-order chi connectivity index (χ1) is 8.63. The number of rotatable bonds is 2. The number of nitrogens with two attached hydrogens (primary N) is 1. The van der Waals surface area contributed by atoms with E-state index in [1.807, 2.05) is 4.90 Å². The van der Waals surface area contributed by atoms with Gasteiger partial charge in [-0.25, -0.2) is 0 Å². The molecule has 0 spiro atoms. The van der Waals surface area contributed by atoms with Gasteiger partial charge < -0.3 is 10.3 Å². The van der Waals surface area contributed by atoms with Crippen LogP contribution >= 0.6 is 0 Å². The summed E-state index contributed by atoms with van der Waals surface area (Å²) in [6.45, 7) is 5.11. The number of amides is 1. The molecule has 18 heavy (non-hydrogen) atoms. The van der Waals surface area contributed by atoms with Gasteiger partial charge in [0.1, 0.15) is 5.69 Å². The van der Waals surface area contributed by atoms with Crippen molar-refractivity contribution in [2.45, 2.75) is 32.7 Å². The SMILES string of the molecule is CC1CCCN(C(=O)c2cc(NN)ccn2)C1C. The lowest BCUT2D eigenvalue weighted by atomic mass is 9.92. The Morgan fingerprint density at radius 3 is 3.06 bits per heavy atom. The van der Waals surface area contributed by atoms with Crippen LogP contribution in [0.1, 0.15) is 37.2 Å². The molecule has 0 aromatic carbocycles. The molecule has 0 aliphatic carbocycles. The van der Waals surface area contributed by atoms with Crippen molar-refractivity contribution in [2.24, 2.45) is 11.8 Å². The molecule has 98 valence electrons. The highest BCUT2D eigenvalue weighted by Gasteiger charge is 2.29. The topological polar surface area (TPSA) is 71.2 Å². The lowest BCUT2D eigenvalue weighted by Crippen LogP contribution is -2.46. The Kier molecular flexibility index (Phi) is 3.81. The van der Waals surface area contributed by atoms with Gasteiger partial charge in [0.15, 0.2) is 0 Å². The van der Waals surface area contributed by atoms with Gasteiger partial charge in [0.25, 0.3) is 5.91 Å². The van der Waals surface area contributed by atoms with Crippen molar-refractivity contribution < 1.29 is 4.79 Å². The van der Waals surface area contributed by atoms with Gasteiger partial charge in [0.2, 0.25) is 0 Å². The Bertz CT molecular complexity index is 435. The maximum absolute atomic E-state index is 12.4. The monoisotopic (exact) mass is 248 g/mol. The molecule has 1 amide bonds. The normalized spacial score (nSPS) is 23.8. The zero-order chi connectivity index (χ0) is 13.1. The summed E-state index contributed by atoms with van der Waals surface area (Å²) < 4.78 is 0. The molecule has 5 heteroatoms. The summed E-state index contributed by atoms with van der Waals surface area (Å²) in [5, 5.41) is 0. The Hall–Kier alpha value is -1.62. The van der Waals surface area contributed by atoms with E-state index in [2.05, 4.69) is 24.3 Å². The molecule has 1 aliphatic heterocycles. The number of anilines is 1. The molecule has 5 nitrogen and oxygen atoms in total.